The van der Waals surface area contributed by atoms with Gasteiger partial charge in [0.2, 0.25) is 0 Å². The van der Waals surface area contributed by atoms with Gasteiger partial charge in [0.15, 0.2) is 12.4 Å². The van der Waals surface area contributed by atoms with Crippen molar-refractivity contribution in [3.8, 4) is 0 Å². The SMILES string of the molecule is CC(=O)c1cccc(NC(=O)COC(=O)Cc2n[nH]c(=O)c3ccccc23)c1. The molecule has 0 spiro atoms. The van der Waals surface area contributed by atoms with Gasteiger partial charge in [-0.2, -0.15) is 5.10 Å². The van der Waals surface area contributed by atoms with Gasteiger partial charge in [-0.15, -0.1) is 0 Å². The molecule has 1 heterocycles. The first kappa shape index (κ1) is 19.0. The number of benzene rings is 2. The van der Waals surface area contributed by atoms with Crippen LogP contribution in [0.1, 0.15) is 23.0 Å². The van der Waals surface area contributed by atoms with Crippen molar-refractivity contribution in [3.05, 3.63) is 70.1 Å². The highest BCUT2D eigenvalue weighted by Crippen LogP contribution is 2.13. The molecule has 0 saturated carbocycles. The second-order valence-electron chi connectivity index (χ2n) is 6.07. The lowest BCUT2D eigenvalue weighted by Gasteiger charge is -2.08. The Balaban J connectivity index is 1.60. The van der Waals surface area contributed by atoms with Gasteiger partial charge >= 0.3 is 5.97 Å². The van der Waals surface area contributed by atoms with Crippen molar-refractivity contribution in [2.75, 3.05) is 11.9 Å². The number of ether oxygens (including phenoxy) is 1. The molecule has 0 bridgehead atoms. The molecule has 2 aromatic carbocycles. The number of hydrogen-bond acceptors (Lipinski definition) is 6. The maximum atomic E-state index is 12.1. The van der Waals surface area contributed by atoms with E-state index >= 15 is 0 Å². The Morgan fingerprint density at radius 1 is 1.07 bits per heavy atom. The molecule has 1 aromatic heterocycles. The summed E-state index contributed by atoms with van der Waals surface area (Å²) in [6.07, 6.45) is -0.190. The predicted octanol–water partition coefficient (Wildman–Crippen LogP) is 1.85. The zero-order valence-electron chi connectivity index (χ0n) is 15.0. The Morgan fingerprint density at radius 3 is 2.57 bits per heavy atom. The van der Waals surface area contributed by atoms with Gasteiger partial charge in [-0.1, -0.05) is 30.3 Å². The van der Waals surface area contributed by atoms with Crippen molar-refractivity contribution in [2.45, 2.75) is 13.3 Å². The molecule has 2 N–H and O–H groups in total. The normalized spacial score (nSPS) is 10.5. The van der Waals surface area contributed by atoms with Crippen molar-refractivity contribution in [1.82, 2.24) is 10.2 Å². The Hall–Kier alpha value is -3.81. The largest absolute Gasteiger partial charge is 0.455 e. The van der Waals surface area contributed by atoms with E-state index in [2.05, 4.69) is 15.5 Å². The zero-order chi connectivity index (χ0) is 20.1. The maximum Gasteiger partial charge on any atom is 0.312 e. The summed E-state index contributed by atoms with van der Waals surface area (Å²) in [6.45, 7) is 0.946. The van der Waals surface area contributed by atoms with Crippen LogP contribution < -0.4 is 10.9 Å². The number of H-pyrrole nitrogens is 1. The monoisotopic (exact) mass is 379 g/mol. The maximum absolute atomic E-state index is 12.1. The molecule has 142 valence electrons. The fraction of sp³-hybridized carbons (Fsp3) is 0.150. The summed E-state index contributed by atoms with van der Waals surface area (Å²) in [4.78, 5) is 47.2. The average molecular weight is 379 g/mol. The summed E-state index contributed by atoms with van der Waals surface area (Å²) < 4.78 is 4.99. The topological polar surface area (TPSA) is 118 Å². The summed E-state index contributed by atoms with van der Waals surface area (Å²) in [6, 6.07) is 13.2. The van der Waals surface area contributed by atoms with E-state index in [1.54, 1.807) is 48.5 Å². The minimum atomic E-state index is -0.655. The van der Waals surface area contributed by atoms with Gasteiger partial charge < -0.3 is 10.1 Å². The summed E-state index contributed by atoms with van der Waals surface area (Å²) in [5.74, 6) is -1.31. The number of aromatic nitrogens is 2. The highest BCUT2D eigenvalue weighted by atomic mass is 16.5. The number of amides is 1. The summed E-state index contributed by atoms with van der Waals surface area (Å²) in [5, 5.41) is 9.77. The van der Waals surface area contributed by atoms with Crippen LogP contribution in [0.5, 0.6) is 0 Å². The van der Waals surface area contributed by atoms with Gasteiger partial charge in [-0.05, 0) is 25.1 Å². The number of nitrogens with zero attached hydrogens (tertiary/aromatic N) is 1. The number of fused-ring (bicyclic) bond motifs is 1. The molecule has 1 amide bonds. The molecule has 0 aliphatic rings. The third kappa shape index (κ3) is 4.47. The van der Waals surface area contributed by atoms with E-state index < -0.39 is 18.5 Å². The minimum Gasteiger partial charge on any atom is -0.455 e. The van der Waals surface area contributed by atoms with Crippen LogP contribution in [0.4, 0.5) is 5.69 Å². The third-order valence-electron chi connectivity index (χ3n) is 4.00. The Morgan fingerprint density at radius 2 is 1.82 bits per heavy atom. The predicted molar refractivity (Wildman–Crippen MR) is 102 cm³/mol. The number of anilines is 1. The Kier molecular flexibility index (Phi) is 5.59. The van der Waals surface area contributed by atoms with Crippen molar-refractivity contribution >= 4 is 34.1 Å². The number of aromatic amines is 1. The van der Waals surface area contributed by atoms with Crippen LogP contribution >= 0.6 is 0 Å². The van der Waals surface area contributed by atoms with E-state index in [0.717, 1.165) is 0 Å². The molecule has 8 nitrogen and oxygen atoms in total. The van der Waals surface area contributed by atoms with Crippen molar-refractivity contribution in [3.63, 3.8) is 0 Å². The number of Topliss-reactive ketones (excluding diaryl/α,β-unsaturated/α-hetero) is 1. The van der Waals surface area contributed by atoms with E-state index in [1.165, 1.54) is 6.92 Å². The first-order valence-electron chi connectivity index (χ1n) is 8.47. The first-order chi connectivity index (χ1) is 13.4. The molecule has 0 atom stereocenters. The number of carbonyl (C=O) groups is 3. The van der Waals surface area contributed by atoms with Crippen LogP contribution in [-0.4, -0.2) is 34.5 Å². The smallest absolute Gasteiger partial charge is 0.312 e. The van der Waals surface area contributed by atoms with Gasteiger partial charge in [-0.25, -0.2) is 5.10 Å². The Labute approximate surface area is 159 Å². The molecule has 0 aliphatic carbocycles. The van der Waals surface area contributed by atoms with Crippen LogP contribution in [-0.2, 0) is 20.7 Å². The van der Waals surface area contributed by atoms with Crippen molar-refractivity contribution < 1.29 is 19.1 Å². The lowest BCUT2D eigenvalue weighted by Crippen LogP contribution is -2.22. The van der Waals surface area contributed by atoms with E-state index in [9.17, 15) is 19.2 Å². The number of hydrogen-bond donors (Lipinski definition) is 2. The molecule has 3 rings (SSSR count). The number of nitrogens with one attached hydrogen (secondary N) is 2. The quantitative estimate of drug-likeness (QED) is 0.498. The minimum absolute atomic E-state index is 0.122. The second kappa shape index (κ2) is 8.26. The highest BCUT2D eigenvalue weighted by molar-refractivity contribution is 5.97. The van der Waals surface area contributed by atoms with Crippen LogP contribution in [0, 0.1) is 0 Å². The molecule has 3 aromatic rings. The van der Waals surface area contributed by atoms with Crippen molar-refractivity contribution in [2.24, 2.45) is 0 Å². The highest BCUT2D eigenvalue weighted by Gasteiger charge is 2.13. The molecule has 28 heavy (non-hydrogen) atoms. The molecule has 0 radical (unpaired) electrons. The molecule has 0 unspecified atom stereocenters. The van der Waals surface area contributed by atoms with Gasteiger partial charge in [0.1, 0.15) is 0 Å². The third-order valence-corrected chi connectivity index (χ3v) is 4.00. The second-order valence-corrected chi connectivity index (χ2v) is 6.07. The van der Waals surface area contributed by atoms with Gasteiger partial charge in [0.25, 0.3) is 11.5 Å². The van der Waals surface area contributed by atoms with Gasteiger partial charge in [0, 0.05) is 16.6 Å². The van der Waals surface area contributed by atoms with Gasteiger partial charge in [0.05, 0.1) is 17.5 Å². The van der Waals surface area contributed by atoms with E-state index in [0.29, 0.717) is 27.7 Å². The zero-order valence-corrected chi connectivity index (χ0v) is 15.0. The van der Waals surface area contributed by atoms with Crippen molar-refractivity contribution in [1.29, 1.82) is 0 Å². The molecule has 8 heteroatoms. The van der Waals surface area contributed by atoms with Gasteiger partial charge in [-0.3, -0.25) is 19.2 Å². The molecular weight excluding hydrogens is 362 g/mol. The fourth-order valence-electron chi connectivity index (χ4n) is 2.65. The lowest BCUT2D eigenvalue weighted by atomic mass is 10.1. The fourth-order valence-corrected chi connectivity index (χ4v) is 2.65. The Bertz CT molecular complexity index is 1120. The number of rotatable bonds is 6. The molecule has 0 fully saturated rings. The first-order valence-corrected chi connectivity index (χ1v) is 8.47. The molecular formula is C20H17N3O5. The summed E-state index contributed by atoms with van der Waals surface area (Å²) in [5.41, 5.74) is 0.905. The van der Waals surface area contributed by atoms with Crippen LogP contribution in [0.15, 0.2) is 53.3 Å². The lowest BCUT2D eigenvalue weighted by molar-refractivity contribution is -0.146. The van der Waals surface area contributed by atoms with Crippen LogP contribution in [0.25, 0.3) is 10.8 Å². The van der Waals surface area contributed by atoms with E-state index in [1.807, 2.05) is 0 Å². The van der Waals surface area contributed by atoms with Crippen LogP contribution in [0.3, 0.4) is 0 Å². The number of carbonyl (C=O) groups excluding carboxylic acids is 3. The summed E-state index contributed by atoms with van der Waals surface area (Å²) in [7, 11) is 0. The van der Waals surface area contributed by atoms with E-state index in [4.69, 9.17) is 4.74 Å². The number of ketones is 1. The summed E-state index contributed by atoms with van der Waals surface area (Å²) >= 11 is 0. The van der Waals surface area contributed by atoms with E-state index in [-0.39, 0.29) is 17.8 Å². The standard InChI is InChI=1S/C20H17N3O5/c1-12(24)13-5-4-6-14(9-13)21-18(25)11-28-19(26)10-17-15-7-2-3-8-16(15)20(27)23-22-17/h2-9H,10-11H2,1H3,(H,21,25)(H,23,27). The van der Waals surface area contributed by atoms with Crippen LogP contribution in [0.2, 0.25) is 0 Å². The molecule has 0 aliphatic heterocycles. The molecule has 0 saturated heterocycles. The number of esters is 1. The average Bonchev–Trinajstić information content (AvgIpc) is 2.69.